The molecule has 18 heavy (non-hydrogen) atoms. The van der Waals surface area contributed by atoms with Crippen molar-refractivity contribution in [3.8, 4) is 0 Å². The first kappa shape index (κ1) is 13.6. The first-order valence-electron chi connectivity index (χ1n) is 7.31. The van der Waals surface area contributed by atoms with E-state index in [0.717, 1.165) is 19.4 Å². The summed E-state index contributed by atoms with van der Waals surface area (Å²) in [5.74, 6) is 0.594. The second-order valence-corrected chi connectivity index (χ2v) is 5.80. The summed E-state index contributed by atoms with van der Waals surface area (Å²) in [5, 5.41) is 0. The summed E-state index contributed by atoms with van der Waals surface area (Å²) in [6.07, 6.45) is 4.76. The fourth-order valence-electron chi connectivity index (χ4n) is 3.21. The third kappa shape index (κ3) is 2.61. The Balaban J connectivity index is 2.10. The Bertz CT molecular complexity index is 394. The minimum atomic E-state index is 0.162. The Hall–Kier alpha value is -0.820. The van der Waals surface area contributed by atoms with Crippen molar-refractivity contribution in [1.29, 1.82) is 0 Å². The van der Waals surface area contributed by atoms with Crippen LogP contribution in [0.5, 0.6) is 0 Å². The maximum atomic E-state index is 6.22. The average molecular weight is 246 g/mol. The molecule has 1 heterocycles. The monoisotopic (exact) mass is 246 g/mol. The number of rotatable bonds is 3. The summed E-state index contributed by atoms with van der Waals surface area (Å²) in [4.78, 5) is 0. The van der Waals surface area contributed by atoms with E-state index in [4.69, 9.17) is 4.74 Å². The van der Waals surface area contributed by atoms with Gasteiger partial charge in [-0.25, -0.2) is 0 Å². The first-order valence-corrected chi connectivity index (χ1v) is 7.31. The molecule has 1 saturated heterocycles. The number of benzene rings is 1. The molecule has 0 saturated carbocycles. The smallest absolute Gasteiger partial charge is 0.0677 e. The highest BCUT2D eigenvalue weighted by Gasteiger charge is 2.33. The van der Waals surface area contributed by atoms with Crippen LogP contribution in [0.3, 0.4) is 0 Å². The molecule has 0 bridgehead atoms. The van der Waals surface area contributed by atoms with E-state index in [9.17, 15) is 0 Å². The van der Waals surface area contributed by atoms with Gasteiger partial charge in [0, 0.05) is 5.92 Å². The van der Waals surface area contributed by atoms with E-state index in [1.807, 2.05) is 0 Å². The van der Waals surface area contributed by atoms with Crippen LogP contribution >= 0.6 is 0 Å². The summed E-state index contributed by atoms with van der Waals surface area (Å²) in [6, 6.07) is 6.81. The average Bonchev–Trinajstić information content (AvgIpc) is 2.39. The summed E-state index contributed by atoms with van der Waals surface area (Å²) in [5.41, 5.74) is 4.42. The molecule has 1 fully saturated rings. The molecule has 1 atom stereocenters. The molecule has 1 aromatic rings. The lowest BCUT2D eigenvalue weighted by Crippen LogP contribution is -2.37. The first-order chi connectivity index (χ1) is 8.60. The molecule has 2 rings (SSSR count). The highest BCUT2D eigenvalue weighted by Crippen LogP contribution is 2.38. The largest absolute Gasteiger partial charge is 0.374 e. The van der Waals surface area contributed by atoms with Crippen LogP contribution in [0.4, 0.5) is 0 Å². The molecular weight excluding hydrogens is 220 g/mol. The van der Waals surface area contributed by atoms with Gasteiger partial charge < -0.3 is 4.74 Å². The highest BCUT2D eigenvalue weighted by molar-refractivity contribution is 5.33. The lowest BCUT2D eigenvalue weighted by atomic mass is 9.81. The lowest BCUT2D eigenvalue weighted by Gasteiger charge is -2.39. The normalized spacial score (nSPS) is 23.0. The SMILES string of the molecule is CCC1(CC)CCC(c2ccc(C)cc2C)CO1. The Morgan fingerprint density at radius 3 is 2.44 bits per heavy atom. The van der Waals surface area contributed by atoms with Gasteiger partial charge in [-0.3, -0.25) is 0 Å². The molecule has 0 spiro atoms. The van der Waals surface area contributed by atoms with Crippen LogP contribution < -0.4 is 0 Å². The zero-order valence-corrected chi connectivity index (χ0v) is 12.3. The van der Waals surface area contributed by atoms with Crippen molar-refractivity contribution in [2.75, 3.05) is 6.61 Å². The van der Waals surface area contributed by atoms with E-state index in [1.54, 1.807) is 0 Å². The van der Waals surface area contributed by atoms with Crippen molar-refractivity contribution >= 4 is 0 Å². The Kier molecular flexibility index (Phi) is 4.11. The van der Waals surface area contributed by atoms with Gasteiger partial charge >= 0.3 is 0 Å². The predicted octanol–water partition coefficient (Wildman–Crippen LogP) is 4.76. The van der Waals surface area contributed by atoms with E-state index < -0.39 is 0 Å². The molecular formula is C17H26O. The maximum absolute atomic E-state index is 6.22. The molecule has 1 aromatic carbocycles. The van der Waals surface area contributed by atoms with Gasteiger partial charge in [0.25, 0.3) is 0 Å². The Morgan fingerprint density at radius 1 is 1.22 bits per heavy atom. The van der Waals surface area contributed by atoms with Crippen LogP contribution in [0, 0.1) is 13.8 Å². The highest BCUT2D eigenvalue weighted by atomic mass is 16.5. The van der Waals surface area contributed by atoms with Gasteiger partial charge in [-0.15, -0.1) is 0 Å². The lowest BCUT2D eigenvalue weighted by molar-refractivity contribution is -0.0914. The van der Waals surface area contributed by atoms with Crippen LogP contribution in [0.15, 0.2) is 18.2 Å². The summed E-state index contributed by atoms with van der Waals surface area (Å²) in [7, 11) is 0. The van der Waals surface area contributed by atoms with Gasteiger partial charge in [-0.05, 0) is 50.7 Å². The van der Waals surface area contributed by atoms with Crippen molar-refractivity contribution in [1.82, 2.24) is 0 Å². The van der Waals surface area contributed by atoms with Crippen LogP contribution in [0.2, 0.25) is 0 Å². The number of aryl methyl sites for hydroxylation is 2. The predicted molar refractivity (Wildman–Crippen MR) is 77.2 cm³/mol. The number of hydrogen-bond donors (Lipinski definition) is 0. The van der Waals surface area contributed by atoms with Gasteiger partial charge in [0.05, 0.1) is 12.2 Å². The van der Waals surface area contributed by atoms with E-state index in [0.29, 0.717) is 5.92 Å². The van der Waals surface area contributed by atoms with E-state index in [-0.39, 0.29) is 5.60 Å². The Morgan fingerprint density at radius 2 is 1.94 bits per heavy atom. The van der Waals surface area contributed by atoms with Crippen LogP contribution in [-0.4, -0.2) is 12.2 Å². The zero-order valence-electron chi connectivity index (χ0n) is 12.3. The minimum Gasteiger partial charge on any atom is -0.374 e. The van der Waals surface area contributed by atoms with Crippen molar-refractivity contribution in [2.24, 2.45) is 0 Å². The van der Waals surface area contributed by atoms with Crippen molar-refractivity contribution in [2.45, 2.75) is 64.9 Å². The Labute approximate surface area is 112 Å². The van der Waals surface area contributed by atoms with Crippen LogP contribution in [0.25, 0.3) is 0 Å². The van der Waals surface area contributed by atoms with E-state index >= 15 is 0 Å². The van der Waals surface area contributed by atoms with Gasteiger partial charge in [0.15, 0.2) is 0 Å². The minimum absolute atomic E-state index is 0.162. The molecule has 1 nitrogen and oxygen atoms in total. The summed E-state index contributed by atoms with van der Waals surface area (Å²) < 4.78 is 6.22. The molecule has 0 radical (unpaired) electrons. The summed E-state index contributed by atoms with van der Waals surface area (Å²) >= 11 is 0. The third-order valence-electron chi connectivity index (χ3n) is 4.69. The molecule has 0 N–H and O–H groups in total. The molecule has 0 aromatic heterocycles. The number of ether oxygens (including phenoxy) is 1. The molecule has 1 aliphatic rings. The van der Waals surface area contributed by atoms with Gasteiger partial charge in [0.2, 0.25) is 0 Å². The van der Waals surface area contributed by atoms with E-state index in [1.165, 1.54) is 29.5 Å². The van der Waals surface area contributed by atoms with E-state index in [2.05, 4.69) is 45.9 Å². The molecule has 1 heteroatoms. The van der Waals surface area contributed by atoms with Crippen LogP contribution in [-0.2, 0) is 4.74 Å². The zero-order chi connectivity index (χ0) is 13.2. The van der Waals surface area contributed by atoms with Crippen molar-refractivity contribution in [3.05, 3.63) is 34.9 Å². The maximum Gasteiger partial charge on any atom is 0.0677 e. The fourth-order valence-corrected chi connectivity index (χ4v) is 3.21. The van der Waals surface area contributed by atoms with Gasteiger partial charge in [0.1, 0.15) is 0 Å². The molecule has 1 unspecified atom stereocenters. The second kappa shape index (κ2) is 5.44. The summed E-state index contributed by atoms with van der Waals surface area (Å²) in [6.45, 7) is 9.78. The standard InChI is InChI=1S/C17H26O/c1-5-17(6-2)10-9-15(12-18-17)16-8-7-13(3)11-14(16)4/h7-8,11,15H,5-6,9-10,12H2,1-4H3. The quantitative estimate of drug-likeness (QED) is 0.747. The molecule has 0 amide bonds. The van der Waals surface area contributed by atoms with Gasteiger partial charge in [-0.1, -0.05) is 37.6 Å². The second-order valence-electron chi connectivity index (χ2n) is 5.80. The molecule has 1 aliphatic heterocycles. The topological polar surface area (TPSA) is 9.23 Å². The van der Waals surface area contributed by atoms with Crippen LogP contribution in [0.1, 0.15) is 62.1 Å². The number of hydrogen-bond acceptors (Lipinski definition) is 1. The van der Waals surface area contributed by atoms with Crippen molar-refractivity contribution in [3.63, 3.8) is 0 Å². The third-order valence-corrected chi connectivity index (χ3v) is 4.69. The molecule has 0 aliphatic carbocycles. The van der Waals surface area contributed by atoms with Crippen molar-refractivity contribution < 1.29 is 4.74 Å². The molecule has 100 valence electrons. The fraction of sp³-hybridized carbons (Fsp3) is 0.647. The van der Waals surface area contributed by atoms with Gasteiger partial charge in [-0.2, -0.15) is 0 Å².